The number of likely N-dealkylation sites (tertiary alicyclic amines) is 1. The van der Waals surface area contributed by atoms with Gasteiger partial charge in [0, 0.05) is 58.0 Å². The van der Waals surface area contributed by atoms with Crippen molar-refractivity contribution in [1.29, 1.82) is 0 Å². The molecule has 4 aliphatic rings. The molecule has 182 valence electrons. The number of rotatable bonds is 5. The molecular weight excluding hydrogens is 438 g/mol. The maximum Gasteiger partial charge on any atom is 0.310 e. The van der Waals surface area contributed by atoms with Crippen molar-refractivity contribution < 1.29 is 32.2 Å². The number of esters is 1. The monoisotopic (exact) mass is 473 g/mol. The second-order valence-electron chi connectivity index (χ2n) is 9.06. The van der Waals surface area contributed by atoms with Gasteiger partial charge in [0.15, 0.2) is 5.79 Å². The number of hydrogen-bond donors (Lipinski definition) is 0. The Bertz CT molecular complexity index is 781. The average Bonchev–Trinajstić information content (AvgIpc) is 3.27. The first-order chi connectivity index (χ1) is 15.3. The Morgan fingerprint density at radius 2 is 1.56 bits per heavy atom. The lowest BCUT2D eigenvalue weighted by Crippen LogP contribution is -2.54. The molecular formula is C21H35N3O7S. The van der Waals surface area contributed by atoms with Crippen molar-refractivity contribution in [2.75, 3.05) is 59.1 Å². The van der Waals surface area contributed by atoms with E-state index in [1.807, 2.05) is 0 Å². The third kappa shape index (κ3) is 4.96. The van der Waals surface area contributed by atoms with Gasteiger partial charge in [0.2, 0.25) is 5.91 Å². The highest BCUT2D eigenvalue weighted by atomic mass is 32.2. The van der Waals surface area contributed by atoms with Crippen LogP contribution in [0.1, 0.15) is 45.4 Å². The van der Waals surface area contributed by atoms with Crippen LogP contribution in [0.2, 0.25) is 0 Å². The quantitative estimate of drug-likeness (QED) is 0.538. The van der Waals surface area contributed by atoms with Crippen molar-refractivity contribution in [3.63, 3.8) is 0 Å². The molecule has 0 saturated carbocycles. The number of ether oxygens (including phenoxy) is 3. The molecule has 0 bridgehead atoms. The van der Waals surface area contributed by atoms with Crippen LogP contribution in [0.15, 0.2) is 0 Å². The fraction of sp³-hybridized carbons (Fsp3) is 0.905. The SMILES string of the molecule is CCOC(=O)[C@H]1CCCN(C(=O)C2CCN(S(=O)(=O)N3CCC4(CC3)OCCO4)CC2)C1. The van der Waals surface area contributed by atoms with Gasteiger partial charge in [-0.15, -0.1) is 0 Å². The van der Waals surface area contributed by atoms with E-state index in [9.17, 15) is 18.0 Å². The summed E-state index contributed by atoms with van der Waals surface area (Å²) in [7, 11) is -3.56. The van der Waals surface area contributed by atoms with Crippen LogP contribution in [0.25, 0.3) is 0 Å². The lowest BCUT2D eigenvalue weighted by molar-refractivity contribution is -0.179. The molecule has 4 aliphatic heterocycles. The first kappa shape index (κ1) is 23.9. The zero-order chi connectivity index (χ0) is 22.8. The Labute approximate surface area is 190 Å². The van der Waals surface area contributed by atoms with Crippen LogP contribution in [-0.4, -0.2) is 98.7 Å². The van der Waals surface area contributed by atoms with E-state index < -0.39 is 16.0 Å². The van der Waals surface area contributed by atoms with Crippen molar-refractivity contribution >= 4 is 22.1 Å². The number of carbonyl (C=O) groups excluding carboxylic acids is 2. The summed E-state index contributed by atoms with van der Waals surface area (Å²) in [6, 6.07) is 0. The zero-order valence-corrected chi connectivity index (χ0v) is 19.7. The largest absolute Gasteiger partial charge is 0.466 e. The molecule has 0 radical (unpaired) electrons. The first-order valence-corrected chi connectivity index (χ1v) is 13.2. The van der Waals surface area contributed by atoms with Gasteiger partial charge < -0.3 is 19.1 Å². The maximum atomic E-state index is 13.1. The number of hydrogen-bond acceptors (Lipinski definition) is 7. The van der Waals surface area contributed by atoms with Crippen LogP contribution in [0.5, 0.6) is 0 Å². The summed E-state index contributed by atoms with van der Waals surface area (Å²) in [4.78, 5) is 26.9. The smallest absolute Gasteiger partial charge is 0.310 e. The molecule has 0 aliphatic carbocycles. The maximum absolute atomic E-state index is 13.1. The van der Waals surface area contributed by atoms with Crippen molar-refractivity contribution in [2.24, 2.45) is 11.8 Å². The summed E-state index contributed by atoms with van der Waals surface area (Å²) in [6.45, 7) is 5.72. The predicted octanol–water partition coefficient (Wildman–Crippen LogP) is 0.584. The van der Waals surface area contributed by atoms with Gasteiger partial charge >= 0.3 is 5.97 Å². The van der Waals surface area contributed by atoms with E-state index in [-0.39, 0.29) is 23.7 Å². The Morgan fingerprint density at radius 3 is 2.19 bits per heavy atom. The Kier molecular flexibility index (Phi) is 7.40. The van der Waals surface area contributed by atoms with Crippen molar-refractivity contribution in [3.8, 4) is 0 Å². The van der Waals surface area contributed by atoms with Gasteiger partial charge in [0.25, 0.3) is 10.2 Å². The summed E-state index contributed by atoms with van der Waals surface area (Å²) in [5.41, 5.74) is 0. The number of piperidine rings is 3. The molecule has 1 spiro atoms. The Hall–Kier alpha value is -1.27. The van der Waals surface area contributed by atoms with E-state index in [1.54, 1.807) is 11.8 Å². The third-order valence-electron chi connectivity index (χ3n) is 7.11. The highest BCUT2D eigenvalue weighted by Gasteiger charge is 2.44. The molecule has 0 unspecified atom stereocenters. The summed E-state index contributed by atoms with van der Waals surface area (Å²) in [6.07, 6.45) is 3.61. The first-order valence-electron chi connectivity index (χ1n) is 11.8. The van der Waals surface area contributed by atoms with Crippen LogP contribution in [-0.2, 0) is 34.0 Å². The molecule has 0 aromatic carbocycles. The second-order valence-corrected chi connectivity index (χ2v) is 11.0. The standard InChI is InChI=1S/C21H35N3O7S/c1-2-29-20(26)18-4-3-9-22(16-18)19(25)17-5-10-23(11-6-17)32(27,28)24-12-7-21(8-13-24)30-14-15-31-21/h17-18H,2-16H2,1H3/t18-/m0/s1. The van der Waals surface area contributed by atoms with Crippen LogP contribution < -0.4 is 0 Å². The Morgan fingerprint density at radius 1 is 0.938 bits per heavy atom. The van der Waals surface area contributed by atoms with Gasteiger partial charge in [0.1, 0.15) is 0 Å². The van der Waals surface area contributed by atoms with Crippen molar-refractivity contribution in [3.05, 3.63) is 0 Å². The second kappa shape index (κ2) is 9.92. The fourth-order valence-corrected chi connectivity index (χ4v) is 6.87. The molecule has 4 heterocycles. The number of nitrogens with zero attached hydrogens (tertiary/aromatic N) is 3. The minimum Gasteiger partial charge on any atom is -0.466 e. The van der Waals surface area contributed by atoms with Gasteiger partial charge in [0.05, 0.1) is 25.7 Å². The molecule has 11 heteroatoms. The van der Waals surface area contributed by atoms with Crippen LogP contribution >= 0.6 is 0 Å². The topological polar surface area (TPSA) is 106 Å². The molecule has 0 N–H and O–H groups in total. The fourth-order valence-electron chi connectivity index (χ4n) is 5.23. The van der Waals surface area contributed by atoms with E-state index in [1.165, 1.54) is 8.61 Å². The highest BCUT2D eigenvalue weighted by Crippen LogP contribution is 2.33. The van der Waals surface area contributed by atoms with Crippen molar-refractivity contribution in [2.45, 2.75) is 51.2 Å². The lowest BCUT2D eigenvalue weighted by atomic mass is 9.93. The lowest BCUT2D eigenvalue weighted by Gasteiger charge is -2.41. The van der Waals surface area contributed by atoms with E-state index in [2.05, 4.69) is 0 Å². The van der Waals surface area contributed by atoms with Crippen molar-refractivity contribution in [1.82, 2.24) is 13.5 Å². The molecule has 1 amide bonds. The average molecular weight is 474 g/mol. The molecule has 0 aromatic rings. The molecule has 10 nitrogen and oxygen atoms in total. The molecule has 32 heavy (non-hydrogen) atoms. The highest BCUT2D eigenvalue weighted by molar-refractivity contribution is 7.86. The third-order valence-corrected chi connectivity index (χ3v) is 9.14. The molecule has 4 fully saturated rings. The normalized spacial score (nSPS) is 28.2. The number of carbonyl (C=O) groups is 2. The summed E-state index contributed by atoms with van der Waals surface area (Å²) >= 11 is 0. The van der Waals surface area contributed by atoms with Gasteiger partial charge in [-0.05, 0) is 32.6 Å². The predicted molar refractivity (Wildman–Crippen MR) is 115 cm³/mol. The summed E-state index contributed by atoms with van der Waals surface area (Å²) in [5, 5.41) is 0. The molecule has 0 aromatic heterocycles. The summed E-state index contributed by atoms with van der Waals surface area (Å²) < 4.78 is 45.8. The van der Waals surface area contributed by atoms with Gasteiger partial charge in [-0.2, -0.15) is 17.0 Å². The Balaban J connectivity index is 1.28. The zero-order valence-electron chi connectivity index (χ0n) is 18.9. The molecule has 1 atom stereocenters. The van der Waals surface area contributed by atoms with E-state index >= 15 is 0 Å². The van der Waals surface area contributed by atoms with Crippen LogP contribution in [0.3, 0.4) is 0 Å². The van der Waals surface area contributed by atoms with Gasteiger partial charge in [-0.1, -0.05) is 0 Å². The van der Waals surface area contributed by atoms with Gasteiger partial charge in [-0.25, -0.2) is 0 Å². The van der Waals surface area contributed by atoms with E-state index in [4.69, 9.17) is 14.2 Å². The summed E-state index contributed by atoms with van der Waals surface area (Å²) in [5.74, 6) is -1.27. The molecule has 4 saturated heterocycles. The number of amides is 1. The minimum absolute atomic E-state index is 0.0338. The van der Waals surface area contributed by atoms with Crippen LogP contribution in [0.4, 0.5) is 0 Å². The minimum atomic E-state index is -3.56. The van der Waals surface area contributed by atoms with E-state index in [0.29, 0.717) is 84.8 Å². The van der Waals surface area contributed by atoms with Crippen LogP contribution in [0, 0.1) is 11.8 Å². The molecule has 4 rings (SSSR count). The van der Waals surface area contributed by atoms with Gasteiger partial charge in [-0.3, -0.25) is 9.59 Å². The van der Waals surface area contributed by atoms with E-state index in [0.717, 1.165) is 12.8 Å².